The smallest absolute Gasteiger partial charge is 0.167 e. The fraction of sp³-hybridized carbons (Fsp3) is 0.583. The summed E-state index contributed by atoms with van der Waals surface area (Å²) in [6.07, 6.45) is -2.56. The number of nitrogens with one attached hydrogen (secondary N) is 1. The van der Waals surface area contributed by atoms with E-state index in [2.05, 4.69) is 20.3 Å². The average Bonchev–Trinajstić information content (AvgIpc) is 3.01. The number of aromatic nitrogens is 4. The number of rotatable bonds is 3. The molecule has 1 saturated heterocycles. The van der Waals surface area contributed by atoms with E-state index in [0.717, 1.165) is 0 Å². The summed E-state index contributed by atoms with van der Waals surface area (Å²) in [4.78, 5) is 12.8. The van der Waals surface area contributed by atoms with Crippen molar-refractivity contribution >= 4 is 17.0 Å². The molecule has 0 amide bonds. The Balaban J connectivity index is 2.07. The Kier molecular flexibility index (Phi) is 3.49. The first kappa shape index (κ1) is 14.1. The van der Waals surface area contributed by atoms with Crippen LogP contribution >= 0.6 is 0 Å². The number of aliphatic hydroxyl groups excluding tert-OH is 3. The molecule has 0 spiro atoms. The van der Waals surface area contributed by atoms with Crippen LogP contribution < -0.4 is 5.32 Å². The maximum absolute atomic E-state index is 10.1. The summed E-state index contributed by atoms with van der Waals surface area (Å²) in [7, 11) is 1.73. The van der Waals surface area contributed by atoms with Crippen molar-refractivity contribution in [3.8, 4) is 0 Å². The van der Waals surface area contributed by atoms with Crippen LogP contribution in [-0.2, 0) is 4.74 Å². The second-order valence-corrected chi connectivity index (χ2v) is 4.92. The van der Waals surface area contributed by atoms with Crippen LogP contribution in [0.15, 0.2) is 6.33 Å². The lowest BCUT2D eigenvalue weighted by molar-refractivity contribution is -0.0511. The minimum atomic E-state index is -1.17. The molecule has 4 N–H and O–H groups in total. The van der Waals surface area contributed by atoms with Crippen molar-refractivity contribution < 1.29 is 20.1 Å². The summed E-state index contributed by atoms with van der Waals surface area (Å²) in [5.41, 5.74) is 1.03. The first-order valence-corrected chi connectivity index (χ1v) is 6.58. The Bertz CT molecular complexity index is 660. The Morgan fingerprint density at radius 3 is 2.71 bits per heavy atom. The van der Waals surface area contributed by atoms with E-state index in [1.165, 1.54) is 10.9 Å². The summed E-state index contributed by atoms with van der Waals surface area (Å²) in [6, 6.07) is 0. The number of anilines is 1. The standard InChI is InChI=1S/C12H17N5O4/c1-5-15-10(13-2)7-11(16-5)17(4-14-7)12-9(20)8(19)6(3-18)21-12/h4,6,8-9,12,18-20H,3H2,1-2H3,(H,13,15,16). The van der Waals surface area contributed by atoms with E-state index in [-0.39, 0.29) is 6.61 Å². The van der Waals surface area contributed by atoms with Gasteiger partial charge in [0.25, 0.3) is 0 Å². The van der Waals surface area contributed by atoms with Gasteiger partial charge in [-0.25, -0.2) is 15.0 Å². The minimum Gasteiger partial charge on any atom is -0.394 e. The molecule has 0 radical (unpaired) electrons. The third kappa shape index (κ3) is 2.14. The molecule has 0 aromatic carbocycles. The van der Waals surface area contributed by atoms with Gasteiger partial charge in [-0.3, -0.25) is 4.57 Å². The number of hydrogen-bond acceptors (Lipinski definition) is 8. The minimum absolute atomic E-state index is 0.378. The molecule has 1 fully saturated rings. The van der Waals surface area contributed by atoms with Gasteiger partial charge in [-0.1, -0.05) is 0 Å². The topological polar surface area (TPSA) is 126 Å². The number of fused-ring (bicyclic) bond motifs is 1. The van der Waals surface area contributed by atoms with E-state index in [1.54, 1.807) is 14.0 Å². The molecule has 0 aliphatic carbocycles. The highest BCUT2D eigenvalue weighted by atomic mass is 16.6. The zero-order valence-electron chi connectivity index (χ0n) is 11.6. The summed E-state index contributed by atoms with van der Waals surface area (Å²) in [6.45, 7) is 1.37. The van der Waals surface area contributed by atoms with Crippen molar-refractivity contribution in [2.45, 2.75) is 31.5 Å². The van der Waals surface area contributed by atoms with Gasteiger partial charge in [0.1, 0.15) is 24.1 Å². The Labute approximate surface area is 120 Å². The molecule has 3 heterocycles. The van der Waals surface area contributed by atoms with Gasteiger partial charge < -0.3 is 25.4 Å². The summed E-state index contributed by atoms with van der Waals surface area (Å²) in [5, 5.41) is 32.0. The monoisotopic (exact) mass is 295 g/mol. The van der Waals surface area contributed by atoms with E-state index >= 15 is 0 Å². The number of aliphatic hydroxyl groups is 3. The number of aryl methyl sites for hydroxylation is 1. The molecule has 0 bridgehead atoms. The normalized spacial score (nSPS) is 29.2. The predicted molar refractivity (Wildman–Crippen MR) is 72.6 cm³/mol. The number of nitrogens with zero attached hydrogens (tertiary/aromatic N) is 4. The highest BCUT2D eigenvalue weighted by Gasteiger charge is 2.44. The maximum atomic E-state index is 10.1. The molecule has 1 aliphatic rings. The van der Waals surface area contributed by atoms with Crippen LogP contribution in [0.25, 0.3) is 11.2 Å². The van der Waals surface area contributed by atoms with Crippen LogP contribution in [0.1, 0.15) is 12.1 Å². The van der Waals surface area contributed by atoms with E-state index in [1.807, 2.05) is 0 Å². The number of ether oxygens (including phenoxy) is 1. The predicted octanol–water partition coefficient (Wildman–Crippen LogP) is -1.21. The Morgan fingerprint density at radius 2 is 2.10 bits per heavy atom. The summed E-state index contributed by atoms with van der Waals surface area (Å²) < 4.78 is 7.03. The molecule has 4 unspecified atom stereocenters. The maximum Gasteiger partial charge on any atom is 0.167 e. The summed E-state index contributed by atoms with van der Waals surface area (Å²) >= 11 is 0. The van der Waals surface area contributed by atoms with Gasteiger partial charge in [-0.05, 0) is 6.92 Å². The van der Waals surface area contributed by atoms with Crippen LogP contribution in [0.2, 0.25) is 0 Å². The van der Waals surface area contributed by atoms with Gasteiger partial charge in [0, 0.05) is 7.05 Å². The van der Waals surface area contributed by atoms with Crippen LogP contribution in [0, 0.1) is 6.92 Å². The lowest BCUT2D eigenvalue weighted by Gasteiger charge is -2.16. The van der Waals surface area contributed by atoms with Crippen molar-refractivity contribution in [2.75, 3.05) is 19.0 Å². The fourth-order valence-electron chi connectivity index (χ4n) is 2.50. The molecule has 2 aromatic rings. The van der Waals surface area contributed by atoms with Crippen molar-refractivity contribution in [1.82, 2.24) is 19.5 Å². The molecule has 114 valence electrons. The third-order valence-electron chi connectivity index (χ3n) is 3.56. The molecule has 0 saturated carbocycles. The molecule has 1 aliphatic heterocycles. The van der Waals surface area contributed by atoms with Gasteiger partial charge in [0.15, 0.2) is 23.2 Å². The zero-order valence-corrected chi connectivity index (χ0v) is 11.6. The lowest BCUT2D eigenvalue weighted by Crippen LogP contribution is -2.33. The molecular formula is C12H17N5O4. The van der Waals surface area contributed by atoms with Gasteiger partial charge in [0.05, 0.1) is 12.9 Å². The van der Waals surface area contributed by atoms with Crippen molar-refractivity contribution in [2.24, 2.45) is 0 Å². The van der Waals surface area contributed by atoms with Gasteiger partial charge >= 0.3 is 0 Å². The van der Waals surface area contributed by atoms with Crippen molar-refractivity contribution in [3.05, 3.63) is 12.2 Å². The van der Waals surface area contributed by atoms with E-state index in [0.29, 0.717) is 22.8 Å². The van der Waals surface area contributed by atoms with Crippen molar-refractivity contribution in [3.63, 3.8) is 0 Å². The molecule has 21 heavy (non-hydrogen) atoms. The zero-order chi connectivity index (χ0) is 15.1. The molecule has 4 atom stereocenters. The van der Waals surface area contributed by atoms with Crippen LogP contribution in [-0.4, -0.2) is 66.8 Å². The molecular weight excluding hydrogens is 278 g/mol. The van der Waals surface area contributed by atoms with Crippen LogP contribution in [0.3, 0.4) is 0 Å². The highest BCUT2D eigenvalue weighted by molar-refractivity contribution is 5.82. The first-order valence-electron chi connectivity index (χ1n) is 6.58. The van der Waals surface area contributed by atoms with Gasteiger partial charge in [0.2, 0.25) is 0 Å². The third-order valence-corrected chi connectivity index (χ3v) is 3.56. The quantitative estimate of drug-likeness (QED) is 0.555. The van der Waals surface area contributed by atoms with Crippen LogP contribution in [0.4, 0.5) is 5.82 Å². The average molecular weight is 295 g/mol. The highest BCUT2D eigenvalue weighted by Crippen LogP contribution is 2.32. The first-order chi connectivity index (χ1) is 10.1. The second kappa shape index (κ2) is 5.19. The molecule has 9 nitrogen and oxygen atoms in total. The molecule has 9 heteroatoms. The van der Waals surface area contributed by atoms with Crippen LogP contribution in [0.5, 0.6) is 0 Å². The molecule has 2 aromatic heterocycles. The Morgan fingerprint density at radius 1 is 1.33 bits per heavy atom. The van der Waals surface area contributed by atoms with Gasteiger partial charge in [-0.2, -0.15) is 0 Å². The number of imidazole rings is 1. The number of hydrogen-bond donors (Lipinski definition) is 4. The largest absolute Gasteiger partial charge is 0.394 e. The fourth-order valence-corrected chi connectivity index (χ4v) is 2.50. The van der Waals surface area contributed by atoms with E-state index in [4.69, 9.17) is 9.84 Å². The lowest BCUT2D eigenvalue weighted by atomic mass is 10.1. The molecule has 3 rings (SSSR count). The van der Waals surface area contributed by atoms with E-state index < -0.39 is 24.5 Å². The van der Waals surface area contributed by atoms with E-state index in [9.17, 15) is 10.2 Å². The SMILES string of the molecule is CNc1nc(C)nc2c1ncn2C1OC(CO)C(O)C1O. The second-order valence-electron chi connectivity index (χ2n) is 4.92. The summed E-state index contributed by atoms with van der Waals surface area (Å²) in [5.74, 6) is 1.11. The van der Waals surface area contributed by atoms with Crippen molar-refractivity contribution in [1.29, 1.82) is 0 Å². The Hall–Kier alpha value is -1.81. The van der Waals surface area contributed by atoms with Gasteiger partial charge in [-0.15, -0.1) is 0 Å².